The van der Waals surface area contributed by atoms with Crippen molar-refractivity contribution in [1.29, 1.82) is 0 Å². The van der Waals surface area contributed by atoms with E-state index in [0.717, 1.165) is 18.5 Å². The summed E-state index contributed by atoms with van der Waals surface area (Å²) in [4.78, 5) is 2.44. The van der Waals surface area contributed by atoms with Gasteiger partial charge < -0.3 is 9.47 Å². The maximum Gasteiger partial charge on any atom is 0.132 e. The van der Waals surface area contributed by atoms with Gasteiger partial charge in [-0.3, -0.25) is 0 Å². The third-order valence-electron chi connectivity index (χ3n) is 5.65. The molecule has 2 heterocycles. The second-order valence-corrected chi connectivity index (χ2v) is 7.26. The molecule has 0 saturated heterocycles. The van der Waals surface area contributed by atoms with Gasteiger partial charge in [-0.2, -0.15) is 0 Å². The molecule has 0 amide bonds. The van der Waals surface area contributed by atoms with Crippen molar-refractivity contribution >= 4 is 16.6 Å². The van der Waals surface area contributed by atoms with Gasteiger partial charge in [-0.25, -0.2) is 0 Å². The van der Waals surface area contributed by atoms with Gasteiger partial charge in [0.15, 0.2) is 0 Å². The van der Waals surface area contributed by atoms with Gasteiger partial charge in [0, 0.05) is 35.7 Å². The first-order valence-electron chi connectivity index (χ1n) is 9.77. The fourth-order valence-corrected chi connectivity index (χ4v) is 4.33. The van der Waals surface area contributed by atoms with E-state index in [-0.39, 0.29) is 6.04 Å². The summed E-state index contributed by atoms with van der Waals surface area (Å²) in [5.74, 6) is 7.02. The van der Waals surface area contributed by atoms with Gasteiger partial charge in [0.2, 0.25) is 0 Å². The molecule has 0 aliphatic carbocycles. The van der Waals surface area contributed by atoms with Gasteiger partial charge >= 0.3 is 0 Å². The smallest absolute Gasteiger partial charge is 0.132 e. The van der Waals surface area contributed by atoms with Crippen LogP contribution in [0.25, 0.3) is 10.9 Å². The largest absolute Gasteiger partial charge is 0.352 e. The Morgan fingerprint density at radius 1 is 0.821 bits per heavy atom. The Bertz CT molecular complexity index is 1180. The van der Waals surface area contributed by atoms with Crippen molar-refractivity contribution in [1.82, 2.24) is 4.57 Å². The summed E-state index contributed by atoms with van der Waals surface area (Å²) in [6.07, 6.45) is 1.04. The molecule has 1 aromatic heterocycles. The molecule has 0 N–H and O–H groups in total. The molecule has 5 rings (SSSR count). The SMILES string of the molecule is Cn1c2c(c3ccccc31)CCN(c1ccccc1)C2C#Cc1ccccc1. The molecule has 0 bridgehead atoms. The van der Waals surface area contributed by atoms with Gasteiger partial charge in [-0.15, -0.1) is 0 Å². The van der Waals surface area contributed by atoms with Crippen molar-refractivity contribution in [2.24, 2.45) is 7.05 Å². The predicted molar refractivity (Wildman–Crippen MR) is 116 cm³/mol. The number of para-hydroxylation sites is 2. The topological polar surface area (TPSA) is 8.17 Å². The normalized spacial score (nSPS) is 15.8. The molecule has 1 aliphatic heterocycles. The Labute approximate surface area is 166 Å². The first-order valence-corrected chi connectivity index (χ1v) is 9.77. The number of nitrogens with zero attached hydrogens (tertiary/aromatic N) is 2. The highest BCUT2D eigenvalue weighted by atomic mass is 15.2. The molecular formula is C26H22N2. The van der Waals surface area contributed by atoms with Crippen molar-refractivity contribution in [2.45, 2.75) is 12.5 Å². The molecule has 0 spiro atoms. The molecule has 4 aromatic rings. The van der Waals surface area contributed by atoms with E-state index in [2.05, 4.69) is 95.1 Å². The standard InChI is InChI=1S/C26H22N2/c1-27-24-15-9-8-14-22(24)23-18-19-28(21-12-6-3-7-13-21)25(26(23)27)17-16-20-10-4-2-5-11-20/h2-15,25H,18-19H2,1H3. The summed E-state index contributed by atoms with van der Waals surface area (Å²) in [6, 6.07) is 29.7. The van der Waals surface area contributed by atoms with Crippen LogP contribution in [-0.4, -0.2) is 11.1 Å². The highest BCUT2D eigenvalue weighted by Crippen LogP contribution is 2.38. The van der Waals surface area contributed by atoms with Crippen LogP contribution in [0.2, 0.25) is 0 Å². The number of rotatable bonds is 1. The second-order valence-electron chi connectivity index (χ2n) is 7.26. The van der Waals surface area contributed by atoms with Gasteiger partial charge in [0.25, 0.3) is 0 Å². The van der Waals surface area contributed by atoms with Gasteiger partial charge in [0.1, 0.15) is 6.04 Å². The molecule has 1 atom stereocenters. The summed E-state index contributed by atoms with van der Waals surface area (Å²) in [5, 5.41) is 1.36. The minimum absolute atomic E-state index is 0.0313. The molecule has 136 valence electrons. The first-order chi connectivity index (χ1) is 13.8. The van der Waals surface area contributed by atoms with E-state index in [4.69, 9.17) is 0 Å². The van der Waals surface area contributed by atoms with E-state index in [1.807, 2.05) is 18.2 Å². The van der Waals surface area contributed by atoms with E-state index >= 15 is 0 Å². The van der Waals surface area contributed by atoms with Crippen LogP contribution in [0.15, 0.2) is 84.9 Å². The Morgan fingerprint density at radius 3 is 2.29 bits per heavy atom. The lowest BCUT2D eigenvalue weighted by Crippen LogP contribution is -2.35. The molecule has 28 heavy (non-hydrogen) atoms. The number of aromatic nitrogens is 1. The molecule has 0 radical (unpaired) electrons. The number of fused-ring (bicyclic) bond motifs is 3. The van der Waals surface area contributed by atoms with E-state index in [1.54, 1.807) is 0 Å². The maximum absolute atomic E-state index is 3.60. The first kappa shape index (κ1) is 16.7. The maximum atomic E-state index is 3.60. The molecule has 3 aromatic carbocycles. The zero-order valence-electron chi connectivity index (χ0n) is 16.0. The lowest BCUT2D eigenvalue weighted by Gasteiger charge is -2.35. The molecule has 0 saturated carbocycles. The highest BCUT2D eigenvalue weighted by Gasteiger charge is 2.31. The lowest BCUT2D eigenvalue weighted by molar-refractivity contribution is 0.642. The lowest BCUT2D eigenvalue weighted by atomic mass is 9.96. The number of benzene rings is 3. The van der Waals surface area contributed by atoms with Crippen molar-refractivity contribution in [3.8, 4) is 11.8 Å². The number of anilines is 1. The molecule has 1 aliphatic rings. The summed E-state index contributed by atoms with van der Waals surface area (Å²) < 4.78 is 2.34. The summed E-state index contributed by atoms with van der Waals surface area (Å²) in [7, 11) is 2.17. The van der Waals surface area contributed by atoms with Crippen LogP contribution >= 0.6 is 0 Å². The zero-order chi connectivity index (χ0) is 18.9. The summed E-state index contributed by atoms with van der Waals surface area (Å²) >= 11 is 0. The average molecular weight is 362 g/mol. The second kappa shape index (κ2) is 6.94. The Kier molecular flexibility index (Phi) is 4.14. The fourth-order valence-electron chi connectivity index (χ4n) is 4.33. The van der Waals surface area contributed by atoms with Crippen LogP contribution in [0.5, 0.6) is 0 Å². The van der Waals surface area contributed by atoms with Crippen LogP contribution in [0.1, 0.15) is 22.9 Å². The van der Waals surface area contributed by atoms with Crippen molar-refractivity contribution in [2.75, 3.05) is 11.4 Å². The Balaban J connectivity index is 1.69. The minimum atomic E-state index is 0.0313. The quantitative estimate of drug-likeness (QED) is 0.415. The van der Waals surface area contributed by atoms with Gasteiger partial charge in [-0.05, 0) is 42.3 Å². The molecule has 1 unspecified atom stereocenters. The molecule has 2 nitrogen and oxygen atoms in total. The summed E-state index contributed by atoms with van der Waals surface area (Å²) in [6.45, 7) is 0.971. The third kappa shape index (κ3) is 2.77. The molecular weight excluding hydrogens is 340 g/mol. The predicted octanol–water partition coefficient (Wildman–Crippen LogP) is 5.33. The van der Waals surface area contributed by atoms with Crippen LogP contribution < -0.4 is 4.90 Å². The van der Waals surface area contributed by atoms with Crippen LogP contribution in [0, 0.1) is 11.8 Å². The highest BCUT2D eigenvalue weighted by molar-refractivity contribution is 5.86. The van der Waals surface area contributed by atoms with E-state index < -0.39 is 0 Å². The number of aryl methyl sites for hydroxylation is 1. The Hall–Kier alpha value is -3.44. The van der Waals surface area contributed by atoms with E-state index in [1.165, 1.54) is 27.8 Å². The number of hydrogen-bond acceptors (Lipinski definition) is 1. The molecule has 0 fully saturated rings. The monoisotopic (exact) mass is 362 g/mol. The van der Waals surface area contributed by atoms with Gasteiger partial charge in [-0.1, -0.05) is 66.4 Å². The van der Waals surface area contributed by atoms with Gasteiger partial charge in [0.05, 0.1) is 5.69 Å². The zero-order valence-corrected chi connectivity index (χ0v) is 16.0. The van der Waals surface area contributed by atoms with E-state index in [9.17, 15) is 0 Å². The van der Waals surface area contributed by atoms with Crippen LogP contribution in [0.4, 0.5) is 5.69 Å². The Morgan fingerprint density at radius 2 is 1.50 bits per heavy atom. The van der Waals surface area contributed by atoms with Crippen LogP contribution in [0.3, 0.4) is 0 Å². The van der Waals surface area contributed by atoms with Crippen molar-refractivity contribution in [3.63, 3.8) is 0 Å². The van der Waals surface area contributed by atoms with Crippen LogP contribution in [-0.2, 0) is 13.5 Å². The summed E-state index contributed by atoms with van der Waals surface area (Å²) in [5.41, 5.74) is 6.33. The molecule has 2 heteroatoms. The minimum Gasteiger partial charge on any atom is -0.352 e. The average Bonchev–Trinajstić information content (AvgIpc) is 3.06. The van der Waals surface area contributed by atoms with Crippen molar-refractivity contribution < 1.29 is 0 Å². The fraction of sp³-hybridized carbons (Fsp3) is 0.154. The van der Waals surface area contributed by atoms with Crippen molar-refractivity contribution in [3.05, 3.63) is 102 Å². The third-order valence-corrected chi connectivity index (χ3v) is 5.65. The van der Waals surface area contributed by atoms with E-state index in [0.29, 0.717) is 0 Å². The number of hydrogen-bond donors (Lipinski definition) is 0.